The first-order chi connectivity index (χ1) is 8.16. The van der Waals surface area contributed by atoms with Crippen LogP contribution in [0.4, 0.5) is 0 Å². The molecule has 3 rings (SSSR count). The first kappa shape index (κ1) is 10.4. The fraction of sp³-hybridized carbons (Fsp3) is 0. The van der Waals surface area contributed by atoms with E-state index in [0.717, 1.165) is 15.5 Å². The van der Waals surface area contributed by atoms with Crippen molar-refractivity contribution in [2.45, 2.75) is 0 Å². The second kappa shape index (κ2) is 3.65. The van der Waals surface area contributed by atoms with Crippen LogP contribution in [0, 0.1) is 0 Å². The minimum atomic E-state index is -0.487. The summed E-state index contributed by atoms with van der Waals surface area (Å²) in [6.45, 7) is 0. The summed E-state index contributed by atoms with van der Waals surface area (Å²) in [5.41, 5.74) is 5.82. The van der Waals surface area contributed by atoms with E-state index in [4.69, 9.17) is 22.4 Å². The van der Waals surface area contributed by atoms with Gasteiger partial charge in [-0.3, -0.25) is 0 Å². The van der Waals surface area contributed by atoms with Crippen LogP contribution in [0.2, 0.25) is 0 Å². The number of rotatable bonds is 1. The van der Waals surface area contributed by atoms with Gasteiger partial charge in [-0.05, 0) is 29.6 Å². The van der Waals surface area contributed by atoms with Crippen LogP contribution >= 0.6 is 23.6 Å². The van der Waals surface area contributed by atoms with Crippen molar-refractivity contribution < 1.29 is 4.42 Å². The summed E-state index contributed by atoms with van der Waals surface area (Å²) in [5, 5.41) is 3.91. The Kier molecular flexibility index (Phi) is 2.24. The maximum atomic E-state index is 11.6. The van der Waals surface area contributed by atoms with Gasteiger partial charge in [-0.1, -0.05) is 12.2 Å². The van der Waals surface area contributed by atoms with Crippen LogP contribution in [0.15, 0.2) is 38.9 Å². The minimum absolute atomic E-state index is 0.0629. The van der Waals surface area contributed by atoms with Gasteiger partial charge in [-0.2, -0.15) is 0 Å². The van der Waals surface area contributed by atoms with Gasteiger partial charge in [-0.25, -0.2) is 4.79 Å². The Labute approximate surface area is 105 Å². The normalized spacial score (nSPS) is 11.1. The van der Waals surface area contributed by atoms with Gasteiger partial charge in [0.05, 0.1) is 5.56 Å². The van der Waals surface area contributed by atoms with Gasteiger partial charge in [0.1, 0.15) is 10.6 Å². The van der Waals surface area contributed by atoms with Gasteiger partial charge in [-0.15, -0.1) is 11.3 Å². The van der Waals surface area contributed by atoms with Gasteiger partial charge in [0.25, 0.3) is 0 Å². The number of hydrogen-bond donors (Lipinski definition) is 1. The maximum absolute atomic E-state index is 11.6. The summed E-state index contributed by atoms with van der Waals surface area (Å²) in [6, 6.07) is 7.43. The van der Waals surface area contributed by atoms with Crippen LogP contribution in [0.5, 0.6) is 0 Å². The number of thiocarbonyl (C=S) groups is 1. The highest BCUT2D eigenvalue weighted by molar-refractivity contribution is 7.80. The van der Waals surface area contributed by atoms with Crippen molar-refractivity contribution >= 4 is 49.6 Å². The van der Waals surface area contributed by atoms with Gasteiger partial charge in [0, 0.05) is 15.5 Å². The van der Waals surface area contributed by atoms with Crippen molar-refractivity contribution in [1.29, 1.82) is 0 Å². The summed E-state index contributed by atoms with van der Waals surface area (Å²) in [6.07, 6.45) is 0. The molecule has 0 saturated heterocycles. The Morgan fingerprint density at radius 1 is 1.29 bits per heavy atom. The van der Waals surface area contributed by atoms with E-state index in [0.29, 0.717) is 5.58 Å². The average Bonchev–Trinajstić information content (AvgIpc) is 2.75. The largest absolute Gasteiger partial charge is 0.422 e. The van der Waals surface area contributed by atoms with E-state index in [9.17, 15) is 4.79 Å². The van der Waals surface area contributed by atoms with Crippen molar-refractivity contribution in [1.82, 2.24) is 0 Å². The zero-order valence-electron chi connectivity index (χ0n) is 8.60. The summed E-state index contributed by atoms with van der Waals surface area (Å²) in [4.78, 5) is 11.7. The molecule has 0 radical (unpaired) electrons. The molecule has 0 spiro atoms. The van der Waals surface area contributed by atoms with Crippen LogP contribution < -0.4 is 11.4 Å². The lowest BCUT2D eigenvalue weighted by atomic mass is 10.1. The lowest BCUT2D eigenvalue weighted by Crippen LogP contribution is -2.19. The molecule has 0 saturated carbocycles. The zero-order chi connectivity index (χ0) is 12.0. The number of fused-ring (bicyclic) bond motifs is 3. The Morgan fingerprint density at radius 2 is 2.12 bits per heavy atom. The third-order valence-corrected chi connectivity index (χ3v) is 3.72. The van der Waals surface area contributed by atoms with E-state index in [1.807, 2.05) is 17.5 Å². The van der Waals surface area contributed by atoms with Crippen molar-refractivity contribution in [2.75, 3.05) is 0 Å². The fourth-order valence-electron chi connectivity index (χ4n) is 1.81. The first-order valence-electron chi connectivity index (χ1n) is 4.91. The molecule has 0 unspecified atom stereocenters. The van der Waals surface area contributed by atoms with Crippen LogP contribution in [-0.2, 0) is 0 Å². The Hall–Kier alpha value is -1.72. The van der Waals surface area contributed by atoms with Crippen LogP contribution in [0.25, 0.3) is 21.1 Å². The monoisotopic (exact) mass is 261 g/mol. The van der Waals surface area contributed by atoms with E-state index in [1.54, 1.807) is 23.5 Å². The van der Waals surface area contributed by atoms with E-state index < -0.39 is 5.63 Å². The predicted octanol–water partition coefficient (Wildman–Crippen LogP) is 2.64. The van der Waals surface area contributed by atoms with Gasteiger partial charge in [0.15, 0.2) is 0 Å². The molecule has 1 aromatic carbocycles. The Bertz CT molecular complexity index is 801. The second-order valence-electron chi connectivity index (χ2n) is 3.62. The molecule has 0 amide bonds. The van der Waals surface area contributed by atoms with Crippen molar-refractivity contribution in [3.8, 4) is 0 Å². The highest BCUT2D eigenvalue weighted by Gasteiger charge is 2.10. The van der Waals surface area contributed by atoms with Crippen LogP contribution in [0.3, 0.4) is 0 Å². The molecule has 0 aliphatic carbocycles. The maximum Gasteiger partial charge on any atom is 0.346 e. The van der Waals surface area contributed by atoms with E-state index >= 15 is 0 Å². The molecular weight excluding hydrogens is 254 g/mol. The smallest absolute Gasteiger partial charge is 0.346 e. The van der Waals surface area contributed by atoms with Crippen molar-refractivity contribution in [2.24, 2.45) is 5.73 Å². The van der Waals surface area contributed by atoms with E-state index in [-0.39, 0.29) is 10.6 Å². The molecular formula is C12H7NO2S2. The van der Waals surface area contributed by atoms with Crippen LogP contribution in [-0.4, -0.2) is 4.99 Å². The standard InChI is InChI=1S/C12H7NO2S2/c13-11(16)8-5-7-6-3-4-17-10(6)2-1-9(7)15-12(8)14/h1-5H,(H2,13,16). The number of hydrogen-bond acceptors (Lipinski definition) is 4. The fourth-order valence-corrected chi connectivity index (χ4v) is 2.76. The lowest BCUT2D eigenvalue weighted by molar-refractivity contribution is 0.560. The topological polar surface area (TPSA) is 56.2 Å². The highest BCUT2D eigenvalue weighted by Crippen LogP contribution is 2.28. The molecule has 5 heteroatoms. The summed E-state index contributed by atoms with van der Waals surface area (Å²) >= 11 is 6.47. The molecule has 17 heavy (non-hydrogen) atoms. The molecule has 2 aromatic heterocycles. The number of thiophene rings is 1. The summed E-state index contributed by atoms with van der Waals surface area (Å²) in [5.74, 6) is 0. The summed E-state index contributed by atoms with van der Waals surface area (Å²) in [7, 11) is 0. The van der Waals surface area contributed by atoms with Gasteiger partial charge >= 0.3 is 5.63 Å². The molecule has 0 bridgehead atoms. The molecule has 3 nitrogen and oxygen atoms in total. The third kappa shape index (κ3) is 1.55. The molecule has 0 atom stereocenters. The number of benzene rings is 1. The molecule has 3 aromatic rings. The van der Waals surface area contributed by atoms with E-state index in [1.165, 1.54) is 0 Å². The lowest BCUT2D eigenvalue weighted by Gasteiger charge is -2.01. The van der Waals surface area contributed by atoms with Gasteiger partial charge < -0.3 is 10.2 Å². The SMILES string of the molecule is NC(=S)c1cc2c(ccc3sccc32)oc1=O. The van der Waals surface area contributed by atoms with Crippen LogP contribution in [0.1, 0.15) is 5.56 Å². The molecule has 2 N–H and O–H groups in total. The Morgan fingerprint density at radius 3 is 2.88 bits per heavy atom. The average molecular weight is 261 g/mol. The minimum Gasteiger partial charge on any atom is -0.422 e. The third-order valence-electron chi connectivity index (χ3n) is 2.61. The zero-order valence-corrected chi connectivity index (χ0v) is 10.2. The molecule has 0 aliphatic heterocycles. The Balaban J connectivity index is 2.53. The first-order valence-corrected chi connectivity index (χ1v) is 6.19. The summed E-state index contributed by atoms with van der Waals surface area (Å²) < 4.78 is 6.35. The molecule has 2 heterocycles. The van der Waals surface area contributed by atoms with E-state index in [2.05, 4.69) is 0 Å². The molecule has 0 fully saturated rings. The predicted molar refractivity (Wildman–Crippen MR) is 73.8 cm³/mol. The van der Waals surface area contributed by atoms with Crippen molar-refractivity contribution in [3.63, 3.8) is 0 Å². The quantitative estimate of drug-likeness (QED) is 0.540. The number of nitrogens with two attached hydrogens (primary N) is 1. The second-order valence-corrected chi connectivity index (χ2v) is 5.01. The van der Waals surface area contributed by atoms with Crippen molar-refractivity contribution in [3.05, 3.63) is 45.6 Å². The van der Waals surface area contributed by atoms with Gasteiger partial charge in [0.2, 0.25) is 0 Å². The molecule has 84 valence electrons. The highest BCUT2D eigenvalue weighted by atomic mass is 32.1. The molecule has 0 aliphatic rings.